The summed E-state index contributed by atoms with van der Waals surface area (Å²) in [6.07, 6.45) is 0. The highest BCUT2D eigenvalue weighted by atomic mass is 16.6. The summed E-state index contributed by atoms with van der Waals surface area (Å²) in [5.41, 5.74) is 1.32. The highest BCUT2D eigenvalue weighted by Gasteiger charge is 2.42. The molecule has 0 aromatic heterocycles. The number of hydrogen-bond acceptors (Lipinski definition) is 4. The zero-order valence-corrected chi connectivity index (χ0v) is 21.0. The molecule has 0 unspecified atom stereocenters. The van der Waals surface area contributed by atoms with E-state index in [0.29, 0.717) is 28.1 Å². The van der Waals surface area contributed by atoms with Gasteiger partial charge in [-0.3, -0.25) is 9.59 Å². The monoisotopic (exact) mass is 450 g/mol. The SMILES string of the molecule is CC(C)N(C(=O)c1cccc(C(=O)N(C(C)C)C(C)C)c1B1Oc2ccccc2O1)C(C)C. The van der Waals surface area contributed by atoms with Crippen LogP contribution in [-0.4, -0.2) is 52.9 Å². The number of fused-ring (bicyclic) bond motifs is 1. The van der Waals surface area contributed by atoms with E-state index in [1.807, 2.05) is 89.5 Å². The third-order valence-electron chi connectivity index (χ3n) is 5.81. The van der Waals surface area contributed by atoms with Gasteiger partial charge in [0, 0.05) is 40.8 Å². The predicted molar refractivity (Wildman–Crippen MR) is 132 cm³/mol. The van der Waals surface area contributed by atoms with E-state index in [1.54, 1.807) is 18.2 Å². The zero-order chi connectivity index (χ0) is 24.4. The molecule has 2 aromatic rings. The summed E-state index contributed by atoms with van der Waals surface area (Å²) >= 11 is 0. The molecule has 0 aliphatic carbocycles. The van der Waals surface area contributed by atoms with Gasteiger partial charge in [0.1, 0.15) is 11.5 Å². The highest BCUT2D eigenvalue weighted by molar-refractivity contribution is 6.66. The van der Waals surface area contributed by atoms with E-state index in [4.69, 9.17) is 9.31 Å². The Bertz CT molecular complexity index is 928. The molecule has 0 fully saturated rings. The van der Waals surface area contributed by atoms with Crippen LogP contribution in [0.1, 0.15) is 76.1 Å². The second-order valence-electron chi connectivity index (χ2n) is 9.58. The quantitative estimate of drug-likeness (QED) is 0.588. The Morgan fingerprint density at radius 3 is 1.33 bits per heavy atom. The minimum atomic E-state index is -0.885. The van der Waals surface area contributed by atoms with Gasteiger partial charge in [-0.25, -0.2) is 0 Å². The Morgan fingerprint density at radius 1 is 0.636 bits per heavy atom. The van der Waals surface area contributed by atoms with Crippen LogP contribution in [0.15, 0.2) is 42.5 Å². The lowest BCUT2D eigenvalue weighted by Gasteiger charge is -2.33. The topological polar surface area (TPSA) is 59.1 Å². The first-order chi connectivity index (χ1) is 15.5. The fraction of sp³-hybridized carbons (Fsp3) is 0.462. The largest absolute Gasteiger partial charge is 0.634 e. The zero-order valence-electron chi connectivity index (χ0n) is 21.0. The van der Waals surface area contributed by atoms with Crippen molar-refractivity contribution in [3.8, 4) is 11.5 Å². The fourth-order valence-electron chi connectivity index (χ4n) is 4.62. The number of carbonyl (C=O) groups excluding carboxylic acids is 2. The number of nitrogens with zero attached hydrogens (tertiary/aromatic N) is 2. The first-order valence-electron chi connectivity index (χ1n) is 11.7. The van der Waals surface area contributed by atoms with Crippen molar-refractivity contribution in [3.05, 3.63) is 53.6 Å². The van der Waals surface area contributed by atoms with Crippen LogP contribution in [0.2, 0.25) is 0 Å². The Labute approximate surface area is 198 Å². The lowest BCUT2D eigenvalue weighted by atomic mass is 9.72. The maximum atomic E-state index is 13.8. The Kier molecular flexibility index (Phi) is 7.40. The van der Waals surface area contributed by atoms with E-state index in [9.17, 15) is 9.59 Å². The molecule has 3 rings (SSSR count). The van der Waals surface area contributed by atoms with Crippen LogP contribution in [-0.2, 0) is 0 Å². The normalized spacial score (nSPS) is 12.8. The fourth-order valence-corrected chi connectivity index (χ4v) is 4.62. The Hall–Kier alpha value is -2.96. The number of amides is 2. The molecule has 1 heterocycles. The Balaban J connectivity index is 2.18. The van der Waals surface area contributed by atoms with E-state index in [1.165, 1.54) is 0 Å². The van der Waals surface area contributed by atoms with Crippen molar-refractivity contribution in [1.29, 1.82) is 0 Å². The molecule has 176 valence electrons. The molecular weight excluding hydrogens is 415 g/mol. The van der Waals surface area contributed by atoms with E-state index >= 15 is 0 Å². The van der Waals surface area contributed by atoms with Crippen molar-refractivity contribution in [2.45, 2.75) is 79.6 Å². The van der Waals surface area contributed by atoms with E-state index in [-0.39, 0.29) is 36.0 Å². The molecule has 1 aliphatic rings. The van der Waals surface area contributed by atoms with Gasteiger partial charge in [0.15, 0.2) is 0 Å². The van der Waals surface area contributed by atoms with Crippen molar-refractivity contribution in [3.63, 3.8) is 0 Å². The maximum absolute atomic E-state index is 13.8. The summed E-state index contributed by atoms with van der Waals surface area (Å²) < 4.78 is 12.2. The summed E-state index contributed by atoms with van der Waals surface area (Å²) in [6, 6.07) is 12.7. The molecule has 1 aliphatic heterocycles. The van der Waals surface area contributed by atoms with Gasteiger partial charge < -0.3 is 19.1 Å². The maximum Gasteiger partial charge on any atom is 0.634 e. The molecule has 33 heavy (non-hydrogen) atoms. The van der Waals surface area contributed by atoms with Crippen molar-refractivity contribution < 1.29 is 18.9 Å². The number of rotatable bonds is 7. The van der Waals surface area contributed by atoms with Crippen LogP contribution >= 0.6 is 0 Å². The summed E-state index contributed by atoms with van der Waals surface area (Å²) in [6.45, 7) is 15.9. The van der Waals surface area contributed by atoms with E-state index < -0.39 is 7.12 Å². The molecule has 0 saturated heterocycles. The van der Waals surface area contributed by atoms with Gasteiger partial charge in [0.05, 0.1) is 0 Å². The van der Waals surface area contributed by atoms with Crippen molar-refractivity contribution >= 4 is 24.4 Å². The molecule has 0 N–H and O–H groups in total. The smallest absolute Gasteiger partial charge is 0.519 e. The molecule has 0 radical (unpaired) electrons. The first kappa shape index (κ1) is 24.7. The standard InChI is InChI=1S/C26H35BN2O4/c1-16(2)28(17(3)4)25(30)20-12-11-13-21(26(31)29(18(5)6)19(7)8)24(20)27-32-22-14-9-10-15-23(22)33-27/h9-19H,1-8H3. The van der Waals surface area contributed by atoms with Gasteiger partial charge in [-0.1, -0.05) is 18.2 Å². The average Bonchev–Trinajstić information content (AvgIpc) is 3.15. The molecule has 0 spiro atoms. The summed E-state index contributed by atoms with van der Waals surface area (Å²) in [5.74, 6) is 0.900. The summed E-state index contributed by atoms with van der Waals surface area (Å²) in [7, 11) is -0.885. The average molecular weight is 450 g/mol. The van der Waals surface area contributed by atoms with E-state index in [2.05, 4.69) is 0 Å². The van der Waals surface area contributed by atoms with Crippen molar-refractivity contribution in [2.75, 3.05) is 0 Å². The molecule has 0 atom stereocenters. The van der Waals surface area contributed by atoms with Crippen LogP contribution in [0.3, 0.4) is 0 Å². The number of carbonyl (C=O) groups is 2. The van der Waals surface area contributed by atoms with Gasteiger partial charge >= 0.3 is 7.12 Å². The number of hydrogen-bond donors (Lipinski definition) is 0. The Morgan fingerprint density at radius 2 is 1.00 bits per heavy atom. The molecular formula is C26H35BN2O4. The third-order valence-corrected chi connectivity index (χ3v) is 5.81. The highest BCUT2D eigenvalue weighted by Crippen LogP contribution is 2.33. The summed E-state index contributed by atoms with van der Waals surface area (Å²) in [5, 5.41) is 0. The first-order valence-corrected chi connectivity index (χ1v) is 11.7. The van der Waals surface area contributed by atoms with Gasteiger partial charge in [-0.15, -0.1) is 0 Å². The predicted octanol–water partition coefficient (Wildman–Crippen LogP) is 4.37. The van der Waals surface area contributed by atoms with Crippen LogP contribution in [0.5, 0.6) is 11.5 Å². The molecule has 0 saturated carbocycles. The van der Waals surface area contributed by atoms with Crippen LogP contribution in [0, 0.1) is 0 Å². The number of benzene rings is 2. The second-order valence-corrected chi connectivity index (χ2v) is 9.58. The minimum absolute atomic E-state index is 0.00449. The van der Waals surface area contributed by atoms with Gasteiger partial charge in [0.25, 0.3) is 11.8 Å². The van der Waals surface area contributed by atoms with Crippen LogP contribution < -0.4 is 14.8 Å². The van der Waals surface area contributed by atoms with Crippen molar-refractivity contribution in [1.82, 2.24) is 9.80 Å². The third kappa shape index (κ3) is 4.87. The van der Waals surface area contributed by atoms with E-state index in [0.717, 1.165) is 0 Å². The molecule has 2 amide bonds. The molecule has 6 nitrogen and oxygen atoms in total. The second kappa shape index (κ2) is 9.90. The molecule has 2 aromatic carbocycles. The van der Waals surface area contributed by atoms with Gasteiger partial charge in [-0.05, 0) is 79.7 Å². The van der Waals surface area contributed by atoms with Gasteiger partial charge in [-0.2, -0.15) is 0 Å². The van der Waals surface area contributed by atoms with Crippen molar-refractivity contribution in [2.24, 2.45) is 0 Å². The molecule has 0 bridgehead atoms. The lowest BCUT2D eigenvalue weighted by Crippen LogP contribution is -2.52. The van der Waals surface area contributed by atoms with Crippen LogP contribution in [0.25, 0.3) is 0 Å². The molecule has 7 heteroatoms. The number of para-hydroxylation sites is 2. The lowest BCUT2D eigenvalue weighted by molar-refractivity contribution is 0.0644. The minimum Gasteiger partial charge on any atom is -0.519 e. The van der Waals surface area contributed by atoms with Gasteiger partial charge in [0.2, 0.25) is 0 Å². The van der Waals surface area contributed by atoms with Crippen LogP contribution in [0.4, 0.5) is 0 Å². The summed E-state index contributed by atoms with van der Waals surface area (Å²) in [4.78, 5) is 31.2.